The molecule has 23 heavy (non-hydrogen) atoms. The second kappa shape index (κ2) is 7.54. The molecule has 3 heteroatoms. The molecule has 0 fully saturated rings. The third-order valence-corrected chi connectivity index (χ3v) is 3.73. The molecule has 2 rings (SSSR count). The van der Waals surface area contributed by atoms with Gasteiger partial charge in [0.2, 0.25) is 0 Å². The fourth-order valence-electron chi connectivity index (χ4n) is 2.31. The largest absolute Gasteiger partial charge is 0.490 e. The molecular formula is C20H22O3. The van der Waals surface area contributed by atoms with Crippen LogP contribution < -0.4 is 9.62 Å². The standard InChI is InChI=1S/C20H22O3/c1-5-15-21-18-11-7-16(8-12-18)20(3,4)17-9-13-19(14-10-17)23-22-6-2/h5-14H,1-2,15H2,3-4H3. The Bertz CT molecular complexity index is 582. The molecule has 0 heterocycles. The van der Waals surface area contributed by atoms with Crippen molar-refractivity contribution in [3.63, 3.8) is 0 Å². The Morgan fingerprint density at radius 3 is 1.87 bits per heavy atom. The Morgan fingerprint density at radius 1 is 0.870 bits per heavy atom. The highest BCUT2D eigenvalue weighted by Gasteiger charge is 2.23. The molecule has 0 bridgehead atoms. The van der Waals surface area contributed by atoms with Crippen molar-refractivity contribution in [2.24, 2.45) is 0 Å². The minimum absolute atomic E-state index is 0.130. The summed E-state index contributed by atoms with van der Waals surface area (Å²) >= 11 is 0. The molecular weight excluding hydrogens is 288 g/mol. The van der Waals surface area contributed by atoms with E-state index in [1.54, 1.807) is 6.08 Å². The maximum absolute atomic E-state index is 5.53. The van der Waals surface area contributed by atoms with E-state index in [0.717, 1.165) is 5.75 Å². The van der Waals surface area contributed by atoms with Crippen molar-refractivity contribution in [3.8, 4) is 11.5 Å². The molecule has 0 aliphatic heterocycles. The van der Waals surface area contributed by atoms with Crippen molar-refractivity contribution in [1.29, 1.82) is 0 Å². The summed E-state index contributed by atoms with van der Waals surface area (Å²) in [5.74, 6) is 1.48. The molecule has 3 nitrogen and oxygen atoms in total. The van der Waals surface area contributed by atoms with Gasteiger partial charge in [-0.15, -0.1) is 0 Å². The van der Waals surface area contributed by atoms with Gasteiger partial charge in [0.1, 0.15) is 18.6 Å². The van der Waals surface area contributed by atoms with Gasteiger partial charge in [-0.2, -0.15) is 0 Å². The molecule has 0 unspecified atom stereocenters. The number of benzene rings is 2. The highest BCUT2D eigenvalue weighted by molar-refractivity contribution is 5.41. The minimum Gasteiger partial charge on any atom is -0.490 e. The molecule has 0 atom stereocenters. The lowest BCUT2D eigenvalue weighted by Crippen LogP contribution is -2.18. The van der Waals surface area contributed by atoms with Crippen LogP contribution in [0.2, 0.25) is 0 Å². The first-order valence-electron chi connectivity index (χ1n) is 7.47. The Balaban J connectivity index is 2.16. The van der Waals surface area contributed by atoms with E-state index < -0.39 is 0 Å². The molecule has 0 N–H and O–H groups in total. The van der Waals surface area contributed by atoms with Gasteiger partial charge in [-0.1, -0.05) is 57.3 Å². The molecule has 0 amide bonds. The molecule has 2 aromatic carbocycles. The normalized spacial score (nSPS) is 10.7. The SMILES string of the molecule is C=CCOc1ccc(C(C)(C)c2ccc(OOC=C)cc2)cc1. The van der Waals surface area contributed by atoms with Crippen LogP contribution in [0.5, 0.6) is 11.5 Å². The van der Waals surface area contributed by atoms with Gasteiger partial charge in [-0.25, -0.2) is 0 Å². The lowest BCUT2D eigenvalue weighted by atomic mass is 9.78. The van der Waals surface area contributed by atoms with Crippen LogP contribution in [0.25, 0.3) is 0 Å². The maximum atomic E-state index is 5.53. The maximum Gasteiger partial charge on any atom is 0.178 e. The molecule has 2 aromatic rings. The van der Waals surface area contributed by atoms with Crippen molar-refractivity contribution >= 4 is 0 Å². The lowest BCUT2D eigenvalue weighted by molar-refractivity contribution is -0.148. The summed E-state index contributed by atoms with van der Waals surface area (Å²) in [5, 5.41) is 0. The summed E-state index contributed by atoms with van der Waals surface area (Å²) in [4.78, 5) is 9.76. The zero-order chi connectivity index (χ0) is 16.7. The van der Waals surface area contributed by atoms with Crippen LogP contribution in [0.4, 0.5) is 0 Å². The lowest BCUT2D eigenvalue weighted by Gasteiger charge is -2.26. The highest BCUT2D eigenvalue weighted by atomic mass is 17.2. The first kappa shape index (κ1) is 16.7. The monoisotopic (exact) mass is 310 g/mol. The topological polar surface area (TPSA) is 27.7 Å². The van der Waals surface area contributed by atoms with Gasteiger partial charge in [-0.05, 0) is 35.4 Å². The van der Waals surface area contributed by atoms with Gasteiger partial charge in [0.15, 0.2) is 5.75 Å². The van der Waals surface area contributed by atoms with Crippen molar-refractivity contribution in [3.05, 3.63) is 85.2 Å². The Hall–Kier alpha value is -2.68. The molecule has 0 saturated heterocycles. The van der Waals surface area contributed by atoms with Crippen LogP contribution in [0.3, 0.4) is 0 Å². The first-order valence-corrected chi connectivity index (χ1v) is 7.47. The Morgan fingerprint density at radius 2 is 1.39 bits per heavy atom. The summed E-state index contributed by atoms with van der Waals surface area (Å²) in [6, 6.07) is 16.0. The van der Waals surface area contributed by atoms with E-state index in [0.29, 0.717) is 12.4 Å². The van der Waals surface area contributed by atoms with Crippen LogP contribution in [0.1, 0.15) is 25.0 Å². The molecule has 0 spiro atoms. The number of hydrogen-bond acceptors (Lipinski definition) is 3. The van der Waals surface area contributed by atoms with Gasteiger partial charge in [0.05, 0.1) is 0 Å². The van der Waals surface area contributed by atoms with Crippen molar-refractivity contribution in [2.45, 2.75) is 19.3 Å². The molecule has 120 valence electrons. The average molecular weight is 310 g/mol. The van der Waals surface area contributed by atoms with E-state index in [4.69, 9.17) is 14.5 Å². The second-order valence-electron chi connectivity index (χ2n) is 5.62. The molecule has 0 aliphatic carbocycles. The summed E-state index contributed by atoms with van der Waals surface area (Å²) in [5.41, 5.74) is 2.26. The van der Waals surface area contributed by atoms with Crippen LogP contribution in [-0.4, -0.2) is 6.61 Å². The molecule has 0 radical (unpaired) electrons. The summed E-state index contributed by atoms with van der Waals surface area (Å²) < 4.78 is 5.53. The molecule has 0 aliphatic rings. The Labute approximate surface area is 137 Å². The van der Waals surface area contributed by atoms with Crippen LogP contribution in [0, 0.1) is 0 Å². The minimum atomic E-state index is -0.130. The second-order valence-corrected chi connectivity index (χ2v) is 5.62. The summed E-state index contributed by atoms with van der Waals surface area (Å²) in [7, 11) is 0. The van der Waals surface area contributed by atoms with Crippen LogP contribution >= 0.6 is 0 Å². The van der Waals surface area contributed by atoms with Crippen molar-refractivity contribution < 1.29 is 14.5 Å². The molecule has 0 saturated carbocycles. The van der Waals surface area contributed by atoms with Crippen LogP contribution in [-0.2, 0) is 10.3 Å². The van der Waals surface area contributed by atoms with E-state index in [1.165, 1.54) is 17.4 Å². The molecule has 0 aromatic heterocycles. The van der Waals surface area contributed by atoms with Gasteiger partial charge >= 0.3 is 0 Å². The van der Waals surface area contributed by atoms with Gasteiger partial charge in [-0.3, -0.25) is 9.78 Å². The third-order valence-electron chi connectivity index (χ3n) is 3.73. The van der Waals surface area contributed by atoms with E-state index in [-0.39, 0.29) is 5.41 Å². The third kappa shape index (κ3) is 4.16. The fraction of sp³-hybridized carbons (Fsp3) is 0.200. The van der Waals surface area contributed by atoms with Crippen molar-refractivity contribution in [1.82, 2.24) is 0 Å². The van der Waals surface area contributed by atoms with Crippen molar-refractivity contribution in [2.75, 3.05) is 6.61 Å². The van der Waals surface area contributed by atoms with Gasteiger partial charge in [0.25, 0.3) is 0 Å². The van der Waals surface area contributed by atoms with Crippen LogP contribution in [0.15, 0.2) is 74.0 Å². The van der Waals surface area contributed by atoms with E-state index in [1.807, 2.05) is 36.4 Å². The Kier molecular flexibility index (Phi) is 5.47. The zero-order valence-electron chi connectivity index (χ0n) is 13.6. The van der Waals surface area contributed by atoms with E-state index >= 15 is 0 Å². The first-order chi connectivity index (χ1) is 11.1. The predicted octanol–water partition coefficient (Wildman–Crippen LogP) is 5.03. The zero-order valence-corrected chi connectivity index (χ0v) is 13.6. The smallest absolute Gasteiger partial charge is 0.178 e. The summed E-state index contributed by atoms with van der Waals surface area (Å²) in [6.45, 7) is 12.0. The van der Waals surface area contributed by atoms with E-state index in [9.17, 15) is 0 Å². The summed E-state index contributed by atoms with van der Waals surface area (Å²) in [6.07, 6.45) is 2.98. The number of ether oxygens (including phenoxy) is 1. The van der Waals surface area contributed by atoms with E-state index in [2.05, 4.69) is 39.1 Å². The average Bonchev–Trinajstić information content (AvgIpc) is 2.59. The van der Waals surface area contributed by atoms with Gasteiger partial charge in [0, 0.05) is 5.41 Å². The number of hydrogen-bond donors (Lipinski definition) is 0. The number of rotatable bonds is 8. The van der Waals surface area contributed by atoms with Gasteiger partial charge < -0.3 is 4.74 Å². The highest BCUT2D eigenvalue weighted by Crippen LogP contribution is 2.33. The fourth-order valence-corrected chi connectivity index (χ4v) is 2.31. The quantitative estimate of drug-likeness (QED) is 0.296. The predicted molar refractivity (Wildman–Crippen MR) is 92.6 cm³/mol.